The minimum atomic E-state index is -4.83. The highest BCUT2D eigenvalue weighted by Gasteiger charge is 2.32. The van der Waals surface area contributed by atoms with Crippen LogP contribution in [0.5, 0.6) is 17.2 Å². The fourth-order valence-corrected chi connectivity index (χ4v) is 2.33. The molecule has 1 N–H and O–H groups in total. The van der Waals surface area contributed by atoms with Gasteiger partial charge in [0, 0.05) is 4.47 Å². The first kappa shape index (κ1) is 14.7. The van der Waals surface area contributed by atoms with E-state index >= 15 is 0 Å². The van der Waals surface area contributed by atoms with Gasteiger partial charge in [0.25, 0.3) is 5.91 Å². The molecule has 0 aromatic heterocycles. The van der Waals surface area contributed by atoms with Crippen LogP contribution >= 0.6 is 15.9 Å². The van der Waals surface area contributed by atoms with Crippen molar-refractivity contribution in [3.63, 3.8) is 0 Å². The van der Waals surface area contributed by atoms with E-state index in [1.165, 1.54) is 6.07 Å². The van der Waals surface area contributed by atoms with Crippen molar-refractivity contribution in [3.8, 4) is 17.2 Å². The summed E-state index contributed by atoms with van der Waals surface area (Å²) in [5.41, 5.74) is 0.364. The van der Waals surface area contributed by atoms with Crippen molar-refractivity contribution >= 4 is 27.5 Å². The number of hydrogen-bond donors (Lipinski definition) is 1. The minimum Gasteiger partial charge on any atom is -0.454 e. The average Bonchev–Trinajstić information content (AvgIpc) is 2.53. The van der Waals surface area contributed by atoms with Gasteiger partial charge in [0.15, 0.2) is 5.75 Å². The van der Waals surface area contributed by atoms with Gasteiger partial charge in [-0.3, -0.25) is 4.79 Å². The zero-order chi connectivity index (χ0) is 15.9. The van der Waals surface area contributed by atoms with E-state index in [0.29, 0.717) is 11.4 Å². The van der Waals surface area contributed by atoms with Crippen LogP contribution in [0.1, 0.15) is 10.4 Å². The second kappa shape index (κ2) is 5.20. The van der Waals surface area contributed by atoms with Crippen molar-refractivity contribution in [1.82, 2.24) is 0 Å². The lowest BCUT2D eigenvalue weighted by molar-refractivity contribution is -0.274. The van der Waals surface area contributed by atoms with Gasteiger partial charge in [0.2, 0.25) is 0 Å². The molecule has 2 aromatic rings. The molecule has 1 aliphatic rings. The van der Waals surface area contributed by atoms with Crippen molar-refractivity contribution in [2.75, 3.05) is 5.32 Å². The van der Waals surface area contributed by atoms with Crippen molar-refractivity contribution in [3.05, 3.63) is 46.4 Å². The van der Waals surface area contributed by atoms with E-state index in [1.807, 2.05) is 0 Å². The number of alkyl halides is 3. The van der Waals surface area contributed by atoms with Crippen molar-refractivity contribution < 1.29 is 27.4 Å². The molecule has 0 saturated heterocycles. The molecule has 114 valence electrons. The van der Waals surface area contributed by atoms with Crippen molar-refractivity contribution in [2.45, 2.75) is 6.36 Å². The summed E-state index contributed by atoms with van der Waals surface area (Å²) < 4.78 is 46.9. The van der Waals surface area contributed by atoms with Crippen LogP contribution in [0.3, 0.4) is 0 Å². The molecule has 0 bridgehead atoms. The van der Waals surface area contributed by atoms with Crippen molar-refractivity contribution in [2.24, 2.45) is 0 Å². The summed E-state index contributed by atoms with van der Waals surface area (Å²) in [6, 6.07) is 8.31. The first-order valence-corrected chi connectivity index (χ1v) is 6.80. The normalized spacial score (nSPS) is 13.4. The van der Waals surface area contributed by atoms with Gasteiger partial charge in [0.1, 0.15) is 11.5 Å². The number of rotatable bonds is 1. The molecule has 22 heavy (non-hydrogen) atoms. The lowest BCUT2D eigenvalue weighted by Crippen LogP contribution is -2.18. The van der Waals surface area contributed by atoms with Gasteiger partial charge in [0.05, 0.1) is 11.3 Å². The highest BCUT2D eigenvalue weighted by molar-refractivity contribution is 9.10. The van der Waals surface area contributed by atoms with E-state index in [0.717, 1.165) is 16.6 Å². The first-order chi connectivity index (χ1) is 10.3. The summed E-state index contributed by atoms with van der Waals surface area (Å²) in [7, 11) is 0. The summed E-state index contributed by atoms with van der Waals surface area (Å²) in [5, 5.41) is 2.58. The van der Waals surface area contributed by atoms with Gasteiger partial charge < -0.3 is 14.8 Å². The summed E-state index contributed by atoms with van der Waals surface area (Å²) in [6.45, 7) is 0. The molecule has 1 heterocycles. The van der Waals surface area contributed by atoms with Crippen LogP contribution in [0.2, 0.25) is 0 Å². The third kappa shape index (κ3) is 3.01. The van der Waals surface area contributed by atoms with E-state index in [2.05, 4.69) is 26.0 Å². The third-order valence-corrected chi connectivity index (χ3v) is 3.33. The van der Waals surface area contributed by atoms with E-state index < -0.39 is 18.0 Å². The van der Waals surface area contributed by atoms with Gasteiger partial charge in [-0.05, 0) is 36.4 Å². The Balaban J connectivity index is 2.00. The number of carbonyl (C=O) groups is 1. The molecule has 0 aliphatic carbocycles. The fraction of sp³-hybridized carbons (Fsp3) is 0.0714. The van der Waals surface area contributed by atoms with Crippen molar-refractivity contribution in [1.29, 1.82) is 0 Å². The molecular weight excluding hydrogens is 367 g/mol. The quantitative estimate of drug-likeness (QED) is 0.787. The number of ether oxygens (including phenoxy) is 2. The number of carbonyl (C=O) groups excluding carboxylic acids is 1. The zero-order valence-electron chi connectivity index (χ0n) is 10.7. The highest BCUT2D eigenvalue weighted by Crippen LogP contribution is 2.38. The van der Waals surface area contributed by atoms with E-state index in [-0.39, 0.29) is 11.3 Å². The maximum atomic E-state index is 12.3. The Bertz CT molecular complexity index is 761. The minimum absolute atomic E-state index is 0.0472. The standard InChI is InChI=1S/C14H7BrF3NO3/c15-7-1-3-12-10(5-7)19-13(20)9-6-8(22-14(16,17)18)2-4-11(9)21-12/h1-6H,(H,19,20). The van der Waals surface area contributed by atoms with Gasteiger partial charge in [-0.15, -0.1) is 13.2 Å². The second-order valence-corrected chi connectivity index (χ2v) is 5.32. The molecule has 0 fully saturated rings. The number of halogens is 4. The smallest absolute Gasteiger partial charge is 0.454 e. The summed E-state index contributed by atoms with van der Waals surface area (Å²) >= 11 is 3.26. The molecule has 0 unspecified atom stereocenters. The van der Waals surface area contributed by atoms with E-state index in [4.69, 9.17) is 4.74 Å². The molecule has 8 heteroatoms. The molecule has 2 aromatic carbocycles. The molecule has 4 nitrogen and oxygen atoms in total. The van der Waals surface area contributed by atoms with Crippen LogP contribution in [0, 0.1) is 0 Å². The Kier molecular flexibility index (Phi) is 3.48. The van der Waals surface area contributed by atoms with Crippen LogP contribution < -0.4 is 14.8 Å². The predicted octanol–water partition coefficient (Wildman–Crippen LogP) is 4.71. The number of fused-ring (bicyclic) bond motifs is 2. The molecule has 1 aliphatic heterocycles. The largest absolute Gasteiger partial charge is 0.573 e. The Hall–Kier alpha value is -2.22. The molecular formula is C14H7BrF3NO3. The number of amides is 1. The van der Waals surface area contributed by atoms with E-state index in [1.54, 1.807) is 18.2 Å². The Morgan fingerprint density at radius 1 is 1.09 bits per heavy atom. The molecule has 0 saturated carbocycles. The van der Waals surface area contributed by atoms with Crippen LogP contribution in [0.15, 0.2) is 40.9 Å². The molecule has 1 amide bonds. The van der Waals surface area contributed by atoms with Crippen LogP contribution in [-0.2, 0) is 0 Å². The maximum absolute atomic E-state index is 12.3. The Labute approximate surface area is 131 Å². The number of hydrogen-bond acceptors (Lipinski definition) is 3. The van der Waals surface area contributed by atoms with Gasteiger partial charge in [-0.2, -0.15) is 0 Å². The second-order valence-electron chi connectivity index (χ2n) is 4.40. The monoisotopic (exact) mass is 373 g/mol. The van der Waals surface area contributed by atoms with Crippen LogP contribution in [0.4, 0.5) is 18.9 Å². The maximum Gasteiger partial charge on any atom is 0.573 e. The Morgan fingerprint density at radius 3 is 2.55 bits per heavy atom. The molecule has 3 rings (SSSR count). The van der Waals surface area contributed by atoms with E-state index in [9.17, 15) is 18.0 Å². The molecule has 0 atom stereocenters. The van der Waals surface area contributed by atoms with Crippen LogP contribution in [0.25, 0.3) is 0 Å². The highest BCUT2D eigenvalue weighted by atomic mass is 79.9. The third-order valence-electron chi connectivity index (χ3n) is 2.84. The lowest BCUT2D eigenvalue weighted by atomic mass is 10.2. The molecule has 0 spiro atoms. The van der Waals surface area contributed by atoms with Gasteiger partial charge in [-0.1, -0.05) is 15.9 Å². The summed E-state index contributed by atoms with van der Waals surface area (Å²) in [6.07, 6.45) is -4.83. The summed E-state index contributed by atoms with van der Waals surface area (Å²) in [5.74, 6) is -0.538. The fourth-order valence-electron chi connectivity index (χ4n) is 1.97. The summed E-state index contributed by atoms with van der Waals surface area (Å²) in [4.78, 5) is 12.2. The predicted molar refractivity (Wildman–Crippen MR) is 75.3 cm³/mol. The lowest BCUT2D eigenvalue weighted by Gasteiger charge is -2.11. The molecule has 0 radical (unpaired) electrons. The number of benzene rings is 2. The Morgan fingerprint density at radius 2 is 1.82 bits per heavy atom. The van der Waals surface area contributed by atoms with Gasteiger partial charge in [-0.25, -0.2) is 0 Å². The van der Waals surface area contributed by atoms with Gasteiger partial charge >= 0.3 is 6.36 Å². The zero-order valence-corrected chi connectivity index (χ0v) is 12.3. The SMILES string of the molecule is O=C1Nc2cc(Br)ccc2Oc2ccc(OC(F)(F)F)cc21. The topological polar surface area (TPSA) is 47.6 Å². The average molecular weight is 374 g/mol. The number of nitrogens with one attached hydrogen (secondary N) is 1. The van der Waals surface area contributed by atoms with Crippen LogP contribution in [-0.4, -0.2) is 12.3 Å². The number of anilines is 1. The first-order valence-electron chi connectivity index (χ1n) is 6.00.